The Labute approximate surface area is 165 Å². The zero-order chi connectivity index (χ0) is 19.9. The van der Waals surface area contributed by atoms with Gasteiger partial charge in [-0.15, -0.1) is 0 Å². The Morgan fingerprint density at radius 1 is 1.21 bits per heavy atom. The molecule has 1 aliphatic rings. The van der Waals surface area contributed by atoms with E-state index in [4.69, 9.17) is 9.47 Å². The third-order valence-corrected chi connectivity index (χ3v) is 4.52. The molecule has 0 saturated carbocycles. The van der Waals surface area contributed by atoms with E-state index in [1.54, 1.807) is 4.90 Å². The smallest absolute Gasteiger partial charge is 0.265 e. The summed E-state index contributed by atoms with van der Waals surface area (Å²) in [5.74, 6) is 1.18. The van der Waals surface area contributed by atoms with Gasteiger partial charge in [0, 0.05) is 18.7 Å². The van der Waals surface area contributed by atoms with E-state index in [1.165, 1.54) is 0 Å². The van der Waals surface area contributed by atoms with Gasteiger partial charge < -0.3 is 19.7 Å². The number of benzene rings is 2. The molecule has 148 valence electrons. The molecule has 0 radical (unpaired) electrons. The molecule has 1 aliphatic heterocycles. The summed E-state index contributed by atoms with van der Waals surface area (Å²) in [7, 11) is 0. The van der Waals surface area contributed by atoms with Crippen molar-refractivity contribution in [1.29, 1.82) is 0 Å². The SMILES string of the molecule is CCCCOc1ccc(NC(=O)CCN2C(=O)COc3ccc(C)cc32)cc1. The number of fused-ring (bicyclic) bond motifs is 1. The maximum atomic E-state index is 12.3. The predicted octanol–water partition coefficient (Wildman–Crippen LogP) is 3.93. The van der Waals surface area contributed by atoms with Gasteiger partial charge in [-0.2, -0.15) is 0 Å². The quantitative estimate of drug-likeness (QED) is 0.703. The van der Waals surface area contributed by atoms with Crippen LogP contribution in [0.2, 0.25) is 0 Å². The van der Waals surface area contributed by atoms with E-state index in [0.29, 0.717) is 24.6 Å². The van der Waals surface area contributed by atoms with Gasteiger partial charge in [-0.1, -0.05) is 19.4 Å². The van der Waals surface area contributed by atoms with Crippen molar-refractivity contribution in [1.82, 2.24) is 0 Å². The van der Waals surface area contributed by atoms with Crippen LogP contribution in [0.5, 0.6) is 11.5 Å². The molecule has 6 nitrogen and oxygen atoms in total. The largest absolute Gasteiger partial charge is 0.494 e. The number of hydrogen-bond acceptors (Lipinski definition) is 4. The lowest BCUT2D eigenvalue weighted by atomic mass is 10.1. The van der Waals surface area contributed by atoms with Gasteiger partial charge in [-0.3, -0.25) is 9.59 Å². The monoisotopic (exact) mass is 382 g/mol. The minimum absolute atomic E-state index is 0.00280. The number of nitrogens with zero attached hydrogens (tertiary/aromatic N) is 1. The normalized spacial score (nSPS) is 12.9. The van der Waals surface area contributed by atoms with Crippen LogP contribution < -0.4 is 19.7 Å². The minimum Gasteiger partial charge on any atom is -0.494 e. The van der Waals surface area contributed by atoms with E-state index >= 15 is 0 Å². The van der Waals surface area contributed by atoms with Crippen molar-refractivity contribution < 1.29 is 19.1 Å². The highest BCUT2D eigenvalue weighted by Crippen LogP contribution is 2.32. The van der Waals surface area contributed by atoms with Crippen molar-refractivity contribution in [2.75, 3.05) is 30.0 Å². The maximum absolute atomic E-state index is 12.3. The predicted molar refractivity (Wildman–Crippen MR) is 109 cm³/mol. The molecular formula is C22H26N2O4. The highest BCUT2D eigenvalue weighted by Gasteiger charge is 2.25. The average Bonchev–Trinajstić information content (AvgIpc) is 2.69. The summed E-state index contributed by atoms with van der Waals surface area (Å²) in [6, 6.07) is 13.0. The maximum Gasteiger partial charge on any atom is 0.265 e. The summed E-state index contributed by atoms with van der Waals surface area (Å²) in [5.41, 5.74) is 2.46. The lowest BCUT2D eigenvalue weighted by Gasteiger charge is -2.29. The Morgan fingerprint density at radius 3 is 2.75 bits per heavy atom. The molecule has 0 aromatic heterocycles. The molecule has 0 saturated heterocycles. The third kappa shape index (κ3) is 5.03. The molecule has 2 aromatic carbocycles. The second kappa shape index (κ2) is 9.26. The first-order valence-electron chi connectivity index (χ1n) is 9.63. The molecule has 0 atom stereocenters. The molecule has 1 heterocycles. The molecule has 3 rings (SSSR count). The van der Waals surface area contributed by atoms with Gasteiger partial charge in [0.1, 0.15) is 11.5 Å². The number of carbonyl (C=O) groups excluding carboxylic acids is 2. The summed E-state index contributed by atoms with van der Waals surface area (Å²) < 4.78 is 11.1. The average molecular weight is 382 g/mol. The van der Waals surface area contributed by atoms with Crippen LogP contribution in [0.1, 0.15) is 31.7 Å². The molecule has 28 heavy (non-hydrogen) atoms. The first kappa shape index (κ1) is 19.7. The number of anilines is 2. The van der Waals surface area contributed by atoms with Gasteiger partial charge in [0.05, 0.1) is 12.3 Å². The Balaban J connectivity index is 1.54. The molecule has 0 spiro atoms. The topological polar surface area (TPSA) is 67.9 Å². The number of ether oxygens (including phenoxy) is 2. The number of nitrogens with one attached hydrogen (secondary N) is 1. The lowest BCUT2D eigenvalue weighted by Crippen LogP contribution is -2.40. The van der Waals surface area contributed by atoms with Crippen molar-refractivity contribution in [2.24, 2.45) is 0 Å². The standard InChI is InChI=1S/C22H26N2O4/c1-3-4-13-27-18-8-6-17(7-9-18)23-21(25)11-12-24-19-14-16(2)5-10-20(19)28-15-22(24)26/h5-10,14H,3-4,11-13,15H2,1-2H3,(H,23,25). The Hall–Kier alpha value is -3.02. The molecule has 2 amide bonds. The van der Waals surface area contributed by atoms with E-state index < -0.39 is 0 Å². The fraction of sp³-hybridized carbons (Fsp3) is 0.364. The van der Waals surface area contributed by atoms with Gasteiger partial charge in [-0.25, -0.2) is 0 Å². The number of rotatable bonds is 8. The highest BCUT2D eigenvalue weighted by atomic mass is 16.5. The van der Waals surface area contributed by atoms with Crippen LogP contribution in [0, 0.1) is 6.92 Å². The first-order chi connectivity index (χ1) is 13.6. The number of hydrogen-bond donors (Lipinski definition) is 1. The van der Waals surface area contributed by atoms with Crippen molar-refractivity contribution in [3.05, 3.63) is 48.0 Å². The molecular weight excluding hydrogens is 356 g/mol. The number of aryl methyl sites for hydroxylation is 1. The fourth-order valence-electron chi connectivity index (χ4n) is 2.96. The molecule has 0 aliphatic carbocycles. The summed E-state index contributed by atoms with van der Waals surface area (Å²) in [6.07, 6.45) is 2.30. The van der Waals surface area contributed by atoms with Crippen LogP contribution in [0.15, 0.2) is 42.5 Å². The van der Waals surface area contributed by atoms with E-state index in [1.807, 2.05) is 49.4 Å². The minimum atomic E-state index is -0.145. The van der Waals surface area contributed by atoms with Crippen LogP contribution in [0.25, 0.3) is 0 Å². The summed E-state index contributed by atoms with van der Waals surface area (Å²) >= 11 is 0. The van der Waals surface area contributed by atoms with Crippen molar-refractivity contribution in [3.8, 4) is 11.5 Å². The van der Waals surface area contributed by atoms with Crippen LogP contribution in [0.3, 0.4) is 0 Å². The second-order valence-electron chi connectivity index (χ2n) is 6.83. The molecule has 0 bridgehead atoms. The van der Waals surface area contributed by atoms with Crippen molar-refractivity contribution in [3.63, 3.8) is 0 Å². The first-order valence-corrected chi connectivity index (χ1v) is 9.63. The van der Waals surface area contributed by atoms with Gasteiger partial charge in [0.15, 0.2) is 6.61 Å². The molecule has 2 aromatic rings. The van der Waals surface area contributed by atoms with Crippen molar-refractivity contribution >= 4 is 23.2 Å². The van der Waals surface area contributed by atoms with E-state index in [-0.39, 0.29) is 24.8 Å². The van der Waals surface area contributed by atoms with Gasteiger partial charge in [-0.05, 0) is 55.3 Å². The summed E-state index contributed by atoms with van der Waals surface area (Å²) in [4.78, 5) is 26.2. The molecule has 0 fully saturated rings. The number of carbonyl (C=O) groups is 2. The van der Waals surface area contributed by atoms with E-state index in [2.05, 4.69) is 12.2 Å². The summed E-state index contributed by atoms with van der Waals surface area (Å²) in [6.45, 7) is 5.07. The Morgan fingerprint density at radius 2 is 2.00 bits per heavy atom. The zero-order valence-corrected chi connectivity index (χ0v) is 16.4. The van der Waals surface area contributed by atoms with Crippen LogP contribution in [-0.4, -0.2) is 31.6 Å². The van der Waals surface area contributed by atoms with Crippen LogP contribution in [0.4, 0.5) is 11.4 Å². The molecule has 1 N–H and O–H groups in total. The Kier molecular flexibility index (Phi) is 6.53. The summed E-state index contributed by atoms with van der Waals surface area (Å²) in [5, 5.41) is 2.86. The lowest BCUT2D eigenvalue weighted by molar-refractivity contribution is -0.121. The van der Waals surface area contributed by atoms with Crippen molar-refractivity contribution in [2.45, 2.75) is 33.1 Å². The van der Waals surface area contributed by atoms with Crippen LogP contribution in [-0.2, 0) is 9.59 Å². The highest BCUT2D eigenvalue weighted by molar-refractivity contribution is 5.99. The van der Waals surface area contributed by atoms with E-state index in [9.17, 15) is 9.59 Å². The van der Waals surface area contributed by atoms with E-state index in [0.717, 1.165) is 29.8 Å². The Bertz CT molecular complexity index is 833. The van der Waals surface area contributed by atoms with Gasteiger partial charge in [0.25, 0.3) is 5.91 Å². The van der Waals surface area contributed by atoms with Crippen LogP contribution >= 0.6 is 0 Å². The molecule has 0 unspecified atom stereocenters. The number of amides is 2. The zero-order valence-electron chi connectivity index (χ0n) is 16.4. The van der Waals surface area contributed by atoms with Gasteiger partial charge >= 0.3 is 0 Å². The third-order valence-electron chi connectivity index (χ3n) is 4.52. The number of unbranched alkanes of at least 4 members (excludes halogenated alkanes) is 1. The second-order valence-corrected chi connectivity index (χ2v) is 6.83. The molecule has 6 heteroatoms. The van der Waals surface area contributed by atoms with Gasteiger partial charge in [0.2, 0.25) is 5.91 Å². The fourth-order valence-corrected chi connectivity index (χ4v) is 2.96.